The van der Waals surface area contributed by atoms with E-state index in [1.54, 1.807) is 0 Å². The molecule has 0 spiro atoms. The molecule has 0 aliphatic heterocycles. The molecule has 0 N–H and O–H groups in total. The quantitative estimate of drug-likeness (QED) is 0.374. The van der Waals surface area contributed by atoms with E-state index in [4.69, 9.17) is 0 Å². The Hall–Kier alpha value is -2.08. The van der Waals surface area contributed by atoms with Gasteiger partial charge in [-0.05, 0) is 46.9 Å². The van der Waals surface area contributed by atoms with E-state index in [-0.39, 0.29) is 5.41 Å². The van der Waals surface area contributed by atoms with E-state index in [1.165, 1.54) is 44.2 Å². The van der Waals surface area contributed by atoms with Crippen molar-refractivity contribution in [2.75, 3.05) is 0 Å². The molecule has 0 aromatic heterocycles. The molecule has 0 amide bonds. The summed E-state index contributed by atoms with van der Waals surface area (Å²) in [5.74, 6) is 0. The van der Waals surface area contributed by atoms with E-state index >= 15 is 0 Å². The van der Waals surface area contributed by atoms with E-state index in [0.717, 1.165) is 0 Å². The molecule has 3 aromatic rings. The molecule has 0 fully saturated rings. The monoisotopic (exact) mass is 362 g/mol. The fourth-order valence-electron chi connectivity index (χ4n) is 3.85. The third-order valence-electron chi connectivity index (χ3n) is 4.93. The lowest BCUT2D eigenvalue weighted by atomic mass is 9.68. The average molecular weight is 363 g/mol. The van der Waals surface area contributed by atoms with Crippen LogP contribution in [0.2, 0.25) is 0 Å². The summed E-state index contributed by atoms with van der Waals surface area (Å²) in [6.45, 7) is 21.1. The summed E-state index contributed by atoms with van der Waals surface area (Å²) in [6.07, 6.45) is 0. The average Bonchev–Trinajstić information content (AvgIpc) is 2.70. The van der Waals surface area contributed by atoms with Gasteiger partial charge in [-0.1, -0.05) is 115 Å². The number of aryl methyl sites for hydroxylation is 2. The first-order valence-electron chi connectivity index (χ1n) is 10.6. The Morgan fingerprint density at radius 3 is 1.81 bits per heavy atom. The smallest absolute Gasteiger partial charge is 0.0159 e. The number of hydrogen-bond donors (Lipinski definition) is 0. The van der Waals surface area contributed by atoms with Crippen LogP contribution in [-0.2, 0) is 5.41 Å². The Morgan fingerprint density at radius 2 is 1.19 bits per heavy atom. The van der Waals surface area contributed by atoms with Gasteiger partial charge in [-0.15, -0.1) is 0 Å². The number of rotatable bonds is 0. The molecular weight excluding hydrogens is 324 g/mol. The second kappa shape index (κ2) is 9.74. The lowest BCUT2D eigenvalue weighted by Gasteiger charge is -2.35. The van der Waals surface area contributed by atoms with Crippen LogP contribution in [0.5, 0.6) is 0 Å². The molecule has 0 atom stereocenters. The molecule has 146 valence electrons. The zero-order chi connectivity index (χ0) is 20.8. The van der Waals surface area contributed by atoms with Crippen molar-refractivity contribution in [2.45, 2.75) is 74.7 Å². The van der Waals surface area contributed by atoms with Crippen LogP contribution in [0.25, 0.3) is 21.9 Å². The van der Waals surface area contributed by atoms with Gasteiger partial charge in [0.15, 0.2) is 0 Å². The molecule has 1 aliphatic carbocycles. The largest absolute Gasteiger partial charge is 0.0683 e. The molecule has 0 nitrogen and oxygen atoms in total. The van der Waals surface area contributed by atoms with Crippen molar-refractivity contribution in [3.8, 4) is 11.1 Å². The minimum Gasteiger partial charge on any atom is -0.0683 e. The van der Waals surface area contributed by atoms with Crippen molar-refractivity contribution < 1.29 is 0 Å². The van der Waals surface area contributed by atoms with Crippen LogP contribution in [0.1, 0.15) is 77.6 Å². The van der Waals surface area contributed by atoms with Gasteiger partial charge < -0.3 is 0 Å². The first kappa shape index (κ1) is 23.0. The molecule has 0 heterocycles. The van der Waals surface area contributed by atoms with E-state index in [2.05, 4.69) is 76.2 Å². The van der Waals surface area contributed by atoms with Crippen LogP contribution in [0.3, 0.4) is 0 Å². The second-order valence-corrected chi connectivity index (χ2v) is 6.89. The minimum absolute atomic E-state index is 0.0555. The maximum absolute atomic E-state index is 2.37. The van der Waals surface area contributed by atoms with Crippen LogP contribution >= 0.6 is 0 Å². The van der Waals surface area contributed by atoms with Crippen molar-refractivity contribution >= 4 is 10.8 Å². The van der Waals surface area contributed by atoms with Gasteiger partial charge >= 0.3 is 0 Å². The van der Waals surface area contributed by atoms with Gasteiger partial charge in [0.1, 0.15) is 0 Å². The fourth-order valence-corrected chi connectivity index (χ4v) is 3.85. The van der Waals surface area contributed by atoms with Crippen molar-refractivity contribution in [1.29, 1.82) is 0 Å². The summed E-state index contributed by atoms with van der Waals surface area (Å²) >= 11 is 0. The van der Waals surface area contributed by atoms with Gasteiger partial charge in [-0.3, -0.25) is 0 Å². The molecule has 0 heteroatoms. The maximum atomic E-state index is 2.37. The highest BCUT2D eigenvalue weighted by atomic mass is 14.4. The number of fused-ring (bicyclic) bond motifs is 2. The Labute approximate surface area is 167 Å². The van der Waals surface area contributed by atoms with E-state index in [1.807, 2.05) is 41.5 Å². The third-order valence-corrected chi connectivity index (χ3v) is 4.93. The maximum Gasteiger partial charge on any atom is 0.0159 e. The van der Waals surface area contributed by atoms with Crippen molar-refractivity contribution in [2.24, 2.45) is 0 Å². The standard InChI is InChI=1S/C21H20.3C2H6/c1-13-8-9-16-17-7-5-6-15-10-14(2)12-19(20(15)17)21(3,4)18(16)11-13;3*1-2/h5-12H,1-4H3;3*1-2H3. The molecule has 4 rings (SSSR count). The number of benzene rings is 3. The lowest BCUT2D eigenvalue weighted by molar-refractivity contribution is 0.644. The highest BCUT2D eigenvalue weighted by Gasteiger charge is 2.33. The Kier molecular flexibility index (Phi) is 8.28. The lowest BCUT2D eigenvalue weighted by Crippen LogP contribution is -2.24. The zero-order valence-electron chi connectivity index (χ0n) is 19.1. The highest BCUT2D eigenvalue weighted by Crippen LogP contribution is 2.48. The van der Waals surface area contributed by atoms with E-state index in [0.29, 0.717) is 0 Å². The van der Waals surface area contributed by atoms with Gasteiger partial charge in [-0.2, -0.15) is 0 Å². The van der Waals surface area contributed by atoms with Crippen LogP contribution in [0, 0.1) is 13.8 Å². The minimum atomic E-state index is 0.0555. The molecule has 27 heavy (non-hydrogen) atoms. The Morgan fingerprint density at radius 1 is 0.593 bits per heavy atom. The molecule has 0 saturated carbocycles. The predicted molar refractivity (Wildman–Crippen MR) is 125 cm³/mol. The molecule has 0 saturated heterocycles. The summed E-state index contributed by atoms with van der Waals surface area (Å²) in [4.78, 5) is 0. The summed E-state index contributed by atoms with van der Waals surface area (Å²) in [7, 11) is 0. The SMILES string of the molecule is CC.CC.CC.Cc1ccc2c(c1)C(C)(C)c1cc(C)cc3cccc-2c13. The zero-order valence-corrected chi connectivity index (χ0v) is 19.1. The molecular formula is C27H38. The molecule has 0 radical (unpaired) electrons. The van der Waals surface area contributed by atoms with Crippen LogP contribution in [0.4, 0.5) is 0 Å². The van der Waals surface area contributed by atoms with Crippen molar-refractivity contribution in [1.82, 2.24) is 0 Å². The molecule has 3 aromatic carbocycles. The van der Waals surface area contributed by atoms with Crippen molar-refractivity contribution in [3.63, 3.8) is 0 Å². The van der Waals surface area contributed by atoms with Gasteiger partial charge in [0.25, 0.3) is 0 Å². The highest BCUT2D eigenvalue weighted by molar-refractivity contribution is 6.03. The summed E-state index contributed by atoms with van der Waals surface area (Å²) in [6, 6.07) is 18.3. The van der Waals surface area contributed by atoms with Gasteiger partial charge in [0.05, 0.1) is 0 Å². The van der Waals surface area contributed by atoms with Crippen LogP contribution < -0.4 is 0 Å². The summed E-state index contributed by atoms with van der Waals surface area (Å²) < 4.78 is 0. The normalized spacial score (nSPS) is 12.4. The Balaban J connectivity index is 0.000000556. The second-order valence-electron chi connectivity index (χ2n) is 6.89. The molecule has 0 bridgehead atoms. The summed E-state index contributed by atoms with van der Waals surface area (Å²) in [5.41, 5.74) is 8.44. The fraction of sp³-hybridized carbons (Fsp3) is 0.407. The Bertz CT molecular complexity index is 882. The van der Waals surface area contributed by atoms with Gasteiger partial charge in [-0.25, -0.2) is 0 Å². The topological polar surface area (TPSA) is 0 Å². The van der Waals surface area contributed by atoms with E-state index in [9.17, 15) is 0 Å². The first-order valence-corrected chi connectivity index (χ1v) is 10.6. The van der Waals surface area contributed by atoms with Gasteiger partial charge in [0, 0.05) is 5.41 Å². The molecule has 1 aliphatic rings. The van der Waals surface area contributed by atoms with Crippen molar-refractivity contribution in [3.05, 3.63) is 70.8 Å². The first-order chi connectivity index (χ1) is 13.0. The van der Waals surface area contributed by atoms with E-state index < -0.39 is 0 Å². The van der Waals surface area contributed by atoms with Crippen LogP contribution in [-0.4, -0.2) is 0 Å². The third kappa shape index (κ3) is 4.10. The van der Waals surface area contributed by atoms with Crippen LogP contribution in [0.15, 0.2) is 48.5 Å². The predicted octanol–water partition coefficient (Wildman–Crippen LogP) is 8.84. The number of hydrogen-bond acceptors (Lipinski definition) is 0. The van der Waals surface area contributed by atoms with Gasteiger partial charge in [0.2, 0.25) is 0 Å². The molecule has 0 unspecified atom stereocenters. The summed E-state index contributed by atoms with van der Waals surface area (Å²) in [5, 5.41) is 2.80.